The maximum absolute atomic E-state index is 5.63. The number of nitrogens with one attached hydrogen (secondary N) is 1. The minimum atomic E-state index is 0.224. The number of likely N-dealkylation sites (N-methyl/N-ethyl adjacent to an activating group) is 1. The SMILES string of the molecule is CNCC1CN(c2ncc(I)cn2)CCO1. The number of ether oxygens (including phenoxy) is 1. The summed E-state index contributed by atoms with van der Waals surface area (Å²) < 4.78 is 6.69. The molecule has 0 aromatic carbocycles. The van der Waals surface area contributed by atoms with E-state index >= 15 is 0 Å². The van der Waals surface area contributed by atoms with Crippen LogP contribution >= 0.6 is 22.6 Å². The van der Waals surface area contributed by atoms with Gasteiger partial charge in [-0.3, -0.25) is 0 Å². The molecule has 1 unspecified atom stereocenters. The Balaban J connectivity index is 2.01. The van der Waals surface area contributed by atoms with E-state index in [0.29, 0.717) is 0 Å². The van der Waals surface area contributed by atoms with Crippen LogP contribution in [-0.2, 0) is 4.74 Å². The second kappa shape index (κ2) is 5.74. The molecule has 6 heteroatoms. The predicted molar refractivity (Wildman–Crippen MR) is 70.6 cm³/mol. The van der Waals surface area contributed by atoms with Gasteiger partial charge in [-0.25, -0.2) is 9.97 Å². The molecule has 1 aliphatic heterocycles. The summed E-state index contributed by atoms with van der Waals surface area (Å²) in [4.78, 5) is 10.8. The molecule has 2 rings (SSSR count). The first-order valence-corrected chi connectivity index (χ1v) is 6.36. The zero-order valence-electron chi connectivity index (χ0n) is 9.19. The molecule has 88 valence electrons. The molecule has 0 bridgehead atoms. The molecule has 2 heterocycles. The summed E-state index contributed by atoms with van der Waals surface area (Å²) in [6, 6.07) is 0. The third kappa shape index (κ3) is 3.02. The average Bonchev–Trinajstić information content (AvgIpc) is 2.31. The lowest BCUT2D eigenvalue weighted by atomic mass is 10.3. The summed E-state index contributed by atoms with van der Waals surface area (Å²) in [5.41, 5.74) is 0. The first kappa shape index (κ1) is 12.0. The van der Waals surface area contributed by atoms with E-state index in [2.05, 4.69) is 42.8 Å². The second-order valence-corrected chi connectivity index (χ2v) is 4.94. The van der Waals surface area contributed by atoms with Crippen LogP contribution in [0.15, 0.2) is 12.4 Å². The van der Waals surface area contributed by atoms with Crippen LogP contribution in [0.1, 0.15) is 0 Å². The van der Waals surface area contributed by atoms with Crippen molar-refractivity contribution in [2.45, 2.75) is 6.10 Å². The molecule has 1 aliphatic rings. The van der Waals surface area contributed by atoms with Gasteiger partial charge in [-0.15, -0.1) is 0 Å². The molecule has 0 spiro atoms. The van der Waals surface area contributed by atoms with E-state index in [9.17, 15) is 0 Å². The molecule has 5 nitrogen and oxygen atoms in total. The number of hydrogen-bond donors (Lipinski definition) is 1. The highest BCUT2D eigenvalue weighted by Gasteiger charge is 2.21. The average molecular weight is 334 g/mol. The number of anilines is 1. The molecule has 1 fully saturated rings. The fourth-order valence-electron chi connectivity index (χ4n) is 1.72. The van der Waals surface area contributed by atoms with Crippen LogP contribution in [0.5, 0.6) is 0 Å². The van der Waals surface area contributed by atoms with Crippen LogP contribution in [0, 0.1) is 3.57 Å². The van der Waals surface area contributed by atoms with Gasteiger partial charge in [0.05, 0.1) is 12.7 Å². The molecule has 1 N–H and O–H groups in total. The third-order valence-corrected chi connectivity index (χ3v) is 3.02. The van der Waals surface area contributed by atoms with Gasteiger partial charge >= 0.3 is 0 Å². The highest BCUT2D eigenvalue weighted by molar-refractivity contribution is 14.1. The fraction of sp³-hybridized carbons (Fsp3) is 0.600. The molecule has 1 atom stereocenters. The van der Waals surface area contributed by atoms with Crippen LogP contribution in [0.2, 0.25) is 0 Å². The summed E-state index contributed by atoms with van der Waals surface area (Å²) in [7, 11) is 1.93. The van der Waals surface area contributed by atoms with Crippen molar-refractivity contribution in [3.63, 3.8) is 0 Å². The monoisotopic (exact) mass is 334 g/mol. The summed E-state index contributed by atoms with van der Waals surface area (Å²) in [6.07, 6.45) is 3.90. The van der Waals surface area contributed by atoms with Crippen LogP contribution in [0.4, 0.5) is 5.95 Å². The van der Waals surface area contributed by atoms with E-state index in [1.165, 1.54) is 0 Å². The third-order valence-electron chi connectivity index (χ3n) is 2.46. The van der Waals surface area contributed by atoms with Crippen molar-refractivity contribution in [3.8, 4) is 0 Å². The first-order valence-electron chi connectivity index (χ1n) is 5.28. The lowest BCUT2D eigenvalue weighted by Crippen LogP contribution is -2.46. The van der Waals surface area contributed by atoms with E-state index in [-0.39, 0.29) is 6.10 Å². The Morgan fingerprint density at radius 1 is 1.56 bits per heavy atom. The Labute approximate surface area is 109 Å². The molecule has 0 saturated carbocycles. The number of hydrogen-bond acceptors (Lipinski definition) is 5. The number of halogens is 1. The smallest absolute Gasteiger partial charge is 0.225 e. The molecule has 1 saturated heterocycles. The summed E-state index contributed by atoms with van der Waals surface area (Å²) >= 11 is 2.21. The minimum absolute atomic E-state index is 0.224. The molecule has 1 aromatic heterocycles. The summed E-state index contributed by atoms with van der Waals surface area (Å²) in [5.74, 6) is 0.796. The van der Waals surface area contributed by atoms with Crippen molar-refractivity contribution in [1.82, 2.24) is 15.3 Å². The molecule has 1 aromatic rings. The van der Waals surface area contributed by atoms with Crippen molar-refractivity contribution in [3.05, 3.63) is 16.0 Å². The number of rotatable bonds is 3. The molecular formula is C10H15IN4O. The Bertz CT molecular complexity index is 330. The van der Waals surface area contributed by atoms with Crippen molar-refractivity contribution >= 4 is 28.5 Å². The van der Waals surface area contributed by atoms with Gasteiger partial charge in [0.15, 0.2) is 0 Å². The number of morpholine rings is 1. The topological polar surface area (TPSA) is 50.3 Å². The van der Waals surface area contributed by atoms with Gasteiger partial charge < -0.3 is 15.0 Å². The van der Waals surface area contributed by atoms with Gasteiger partial charge in [-0.2, -0.15) is 0 Å². The zero-order valence-corrected chi connectivity index (χ0v) is 11.3. The Morgan fingerprint density at radius 2 is 2.31 bits per heavy atom. The fourth-order valence-corrected chi connectivity index (χ4v) is 2.00. The molecule has 0 radical (unpaired) electrons. The maximum Gasteiger partial charge on any atom is 0.225 e. The number of nitrogens with zero attached hydrogens (tertiary/aromatic N) is 3. The standard InChI is InChI=1S/C10H15IN4O/c1-12-6-9-7-15(2-3-16-9)10-13-4-8(11)5-14-10/h4-5,9,12H,2-3,6-7H2,1H3. The van der Waals surface area contributed by atoms with E-state index in [1.54, 1.807) is 0 Å². The Hall–Kier alpha value is -0.470. The largest absolute Gasteiger partial charge is 0.373 e. The summed E-state index contributed by atoms with van der Waals surface area (Å²) in [5, 5.41) is 3.12. The Kier molecular flexibility index (Phi) is 4.30. The predicted octanol–water partition coefficient (Wildman–Crippen LogP) is 0.506. The highest BCUT2D eigenvalue weighted by atomic mass is 127. The molecular weight excluding hydrogens is 319 g/mol. The lowest BCUT2D eigenvalue weighted by Gasteiger charge is -2.32. The van der Waals surface area contributed by atoms with Gasteiger partial charge in [0.1, 0.15) is 0 Å². The van der Waals surface area contributed by atoms with Crippen LogP contribution < -0.4 is 10.2 Å². The second-order valence-electron chi connectivity index (χ2n) is 3.70. The van der Waals surface area contributed by atoms with Gasteiger partial charge in [-0.1, -0.05) is 0 Å². The van der Waals surface area contributed by atoms with Gasteiger partial charge in [0.2, 0.25) is 5.95 Å². The number of aromatic nitrogens is 2. The van der Waals surface area contributed by atoms with Crippen LogP contribution in [0.25, 0.3) is 0 Å². The van der Waals surface area contributed by atoms with Crippen molar-refractivity contribution in [2.75, 3.05) is 38.2 Å². The maximum atomic E-state index is 5.63. The van der Waals surface area contributed by atoms with Gasteiger partial charge in [0, 0.05) is 35.6 Å². The molecule has 0 amide bonds. The lowest BCUT2D eigenvalue weighted by molar-refractivity contribution is 0.0416. The molecule has 16 heavy (non-hydrogen) atoms. The van der Waals surface area contributed by atoms with E-state index < -0.39 is 0 Å². The van der Waals surface area contributed by atoms with E-state index in [1.807, 2.05) is 19.4 Å². The van der Waals surface area contributed by atoms with Gasteiger partial charge in [0.25, 0.3) is 0 Å². The van der Waals surface area contributed by atoms with Crippen LogP contribution in [0.3, 0.4) is 0 Å². The Morgan fingerprint density at radius 3 is 3.00 bits per heavy atom. The van der Waals surface area contributed by atoms with Crippen molar-refractivity contribution in [1.29, 1.82) is 0 Å². The first-order chi connectivity index (χ1) is 7.79. The van der Waals surface area contributed by atoms with Crippen LogP contribution in [-0.4, -0.2) is 49.4 Å². The normalized spacial score (nSPS) is 21.1. The van der Waals surface area contributed by atoms with E-state index in [0.717, 1.165) is 35.8 Å². The highest BCUT2D eigenvalue weighted by Crippen LogP contribution is 2.12. The zero-order chi connectivity index (χ0) is 11.4. The van der Waals surface area contributed by atoms with Crippen molar-refractivity contribution in [2.24, 2.45) is 0 Å². The van der Waals surface area contributed by atoms with Gasteiger partial charge in [-0.05, 0) is 29.6 Å². The summed E-state index contributed by atoms with van der Waals surface area (Å²) in [6.45, 7) is 3.31. The van der Waals surface area contributed by atoms with E-state index in [4.69, 9.17) is 4.74 Å². The molecule has 0 aliphatic carbocycles. The van der Waals surface area contributed by atoms with Crippen molar-refractivity contribution < 1.29 is 4.74 Å². The quantitative estimate of drug-likeness (QED) is 0.817. The minimum Gasteiger partial charge on any atom is -0.373 e.